The van der Waals surface area contributed by atoms with Crippen molar-refractivity contribution in [1.82, 2.24) is 16.0 Å². The Morgan fingerprint density at radius 3 is 2.03 bits per heavy atom. The van der Waals surface area contributed by atoms with Gasteiger partial charge in [0.15, 0.2) is 12.0 Å². The lowest BCUT2D eigenvalue weighted by molar-refractivity contribution is -0.145. The number of aliphatic carboxylic acids is 1. The molecule has 0 heterocycles. The molecule has 0 saturated heterocycles. The number of nitrogens with one attached hydrogen (secondary N) is 3. The first-order valence-electron chi connectivity index (χ1n) is 10.2. The molecule has 5 unspecified atom stereocenters. The standard InChI is InChI=1S/C18H35N7O7S/c1-9(27)13(17(31)32)25-16(30)11(4-3-6-22-18(20)21)24-15(29)12(5-7-33-2)23-14(28)10(19)8-26/h9-13,26-27H,3-8,19H2,1-2H3,(H,23,28)(H,24,29)(H,25,30)(H,31,32)(H4,20,21,22). The molecule has 5 atom stereocenters. The smallest absolute Gasteiger partial charge is 0.328 e. The van der Waals surface area contributed by atoms with Crippen molar-refractivity contribution in [1.29, 1.82) is 0 Å². The third-order valence-corrected chi connectivity index (χ3v) is 5.05. The molecular weight excluding hydrogens is 458 g/mol. The summed E-state index contributed by atoms with van der Waals surface area (Å²) < 4.78 is 0. The van der Waals surface area contributed by atoms with Crippen LogP contribution in [0.5, 0.6) is 0 Å². The molecule has 0 aromatic heterocycles. The first kappa shape index (κ1) is 30.4. The SMILES string of the molecule is CSCCC(NC(=O)C(N)CO)C(=O)NC(CCCN=C(N)N)C(=O)NC(C(=O)O)C(C)O. The van der Waals surface area contributed by atoms with Crippen LogP contribution in [0.15, 0.2) is 4.99 Å². The summed E-state index contributed by atoms with van der Waals surface area (Å²) in [5.41, 5.74) is 16.0. The van der Waals surface area contributed by atoms with Crippen LogP contribution in [0.1, 0.15) is 26.2 Å². The van der Waals surface area contributed by atoms with E-state index in [0.717, 1.165) is 0 Å². The number of carboxylic acids is 1. The number of hydrogen-bond acceptors (Lipinski definition) is 9. The number of thioether (sulfide) groups is 1. The second-order valence-corrected chi connectivity index (χ2v) is 8.19. The van der Waals surface area contributed by atoms with E-state index in [4.69, 9.17) is 22.3 Å². The van der Waals surface area contributed by atoms with Crippen LogP contribution in [-0.2, 0) is 19.2 Å². The molecule has 0 spiro atoms. The van der Waals surface area contributed by atoms with Gasteiger partial charge in [-0.25, -0.2) is 4.79 Å². The predicted octanol–water partition coefficient (Wildman–Crippen LogP) is -3.97. The van der Waals surface area contributed by atoms with E-state index >= 15 is 0 Å². The Morgan fingerprint density at radius 1 is 1.00 bits per heavy atom. The first-order valence-corrected chi connectivity index (χ1v) is 11.6. The molecule has 0 aromatic carbocycles. The monoisotopic (exact) mass is 493 g/mol. The molecule has 0 aliphatic heterocycles. The number of nitrogens with two attached hydrogens (primary N) is 3. The van der Waals surface area contributed by atoms with Gasteiger partial charge in [-0.1, -0.05) is 0 Å². The number of hydrogen-bond donors (Lipinski definition) is 9. The quantitative estimate of drug-likeness (QED) is 0.0569. The van der Waals surface area contributed by atoms with E-state index in [-0.39, 0.29) is 31.8 Å². The van der Waals surface area contributed by atoms with E-state index < -0.39 is 60.6 Å². The summed E-state index contributed by atoms with van der Waals surface area (Å²) in [6, 6.07) is -5.07. The molecule has 0 aromatic rings. The van der Waals surface area contributed by atoms with Crippen LogP contribution in [0, 0.1) is 0 Å². The van der Waals surface area contributed by atoms with Gasteiger partial charge in [-0.2, -0.15) is 11.8 Å². The maximum atomic E-state index is 12.9. The van der Waals surface area contributed by atoms with E-state index in [0.29, 0.717) is 5.75 Å². The van der Waals surface area contributed by atoms with Crippen LogP contribution in [0.25, 0.3) is 0 Å². The van der Waals surface area contributed by atoms with E-state index in [1.54, 1.807) is 6.26 Å². The van der Waals surface area contributed by atoms with Crippen molar-refractivity contribution in [2.45, 2.75) is 56.5 Å². The van der Waals surface area contributed by atoms with Gasteiger partial charge >= 0.3 is 5.97 Å². The number of aliphatic hydroxyl groups excluding tert-OH is 2. The molecular formula is C18H35N7O7S. The Morgan fingerprint density at radius 2 is 1.55 bits per heavy atom. The highest BCUT2D eigenvalue weighted by Crippen LogP contribution is 2.06. The fraction of sp³-hybridized carbons (Fsp3) is 0.722. The third kappa shape index (κ3) is 12.3. The van der Waals surface area contributed by atoms with Crippen LogP contribution in [0.4, 0.5) is 0 Å². The molecule has 12 N–H and O–H groups in total. The number of aliphatic hydroxyl groups is 2. The normalized spacial score (nSPS) is 15.3. The number of rotatable bonds is 16. The summed E-state index contributed by atoms with van der Waals surface area (Å²) in [5, 5.41) is 35.0. The molecule has 0 radical (unpaired) electrons. The average Bonchev–Trinajstić information content (AvgIpc) is 2.74. The lowest BCUT2D eigenvalue weighted by atomic mass is 10.1. The number of nitrogens with zero attached hydrogens (tertiary/aromatic N) is 1. The summed E-state index contributed by atoms with van der Waals surface area (Å²) in [7, 11) is 0. The number of carboxylic acid groups (broad SMARTS) is 1. The minimum absolute atomic E-state index is 0.0415. The molecule has 0 fully saturated rings. The van der Waals surface area contributed by atoms with E-state index in [2.05, 4.69) is 20.9 Å². The van der Waals surface area contributed by atoms with Gasteiger partial charge in [0.2, 0.25) is 17.7 Å². The summed E-state index contributed by atoms with van der Waals surface area (Å²) >= 11 is 1.43. The average molecular weight is 494 g/mol. The molecule has 0 aliphatic rings. The van der Waals surface area contributed by atoms with Crippen LogP contribution >= 0.6 is 11.8 Å². The van der Waals surface area contributed by atoms with Crippen molar-refractivity contribution in [2.75, 3.05) is 25.2 Å². The zero-order valence-electron chi connectivity index (χ0n) is 18.7. The van der Waals surface area contributed by atoms with E-state index in [9.17, 15) is 29.4 Å². The minimum atomic E-state index is -1.59. The van der Waals surface area contributed by atoms with Gasteiger partial charge in [0.25, 0.3) is 0 Å². The van der Waals surface area contributed by atoms with Crippen LogP contribution in [0.3, 0.4) is 0 Å². The van der Waals surface area contributed by atoms with Gasteiger partial charge in [-0.3, -0.25) is 19.4 Å². The molecule has 190 valence electrons. The highest BCUT2D eigenvalue weighted by molar-refractivity contribution is 7.98. The largest absolute Gasteiger partial charge is 0.480 e. The highest BCUT2D eigenvalue weighted by atomic mass is 32.2. The third-order valence-electron chi connectivity index (χ3n) is 4.40. The number of guanidine groups is 1. The summed E-state index contributed by atoms with van der Waals surface area (Å²) in [6.45, 7) is 0.733. The van der Waals surface area contributed by atoms with Crippen molar-refractivity contribution in [3.8, 4) is 0 Å². The predicted molar refractivity (Wildman–Crippen MR) is 123 cm³/mol. The zero-order valence-corrected chi connectivity index (χ0v) is 19.5. The van der Waals surface area contributed by atoms with Gasteiger partial charge in [0, 0.05) is 6.54 Å². The van der Waals surface area contributed by atoms with Crippen molar-refractivity contribution >= 4 is 41.4 Å². The first-order chi connectivity index (χ1) is 15.4. The van der Waals surface area contributed by atoms with Gasteiger partial charge in [-0.05, 0) is 38.2 Å². The molecule has 0 bridgehead atoms. The Kier molecular flexibility index (Phi) is 14.8. The Balaban J connectivity index is 5.52. The summed E-state index contributed by atoms with van der Waals surface area (Å²) in [6.07, 6.45) is 0.931. The summed E-state index contributed by atoms with van der Waals surface area (Å²) in [5.74, 6) is -3.39. The molecule has 15 heteroatoms. The van der Waals surface area contributed by atoms with Crippen LogP contribution in [0.2, 0.25) is 0 Å². The molecule has 3 amide bonds. The van der Waals surface area contributed by atoms with Crippen LogP contribution < -0.4 is 33.2 Å². The lowest BCUT2D eigenvalue weighted by Crippen LogP contribution is -2.58. The highest BCUT2D eigenvalue weighted by Gasteiger charge is 2.31. The van der Waals surface area contributed by atoms with Crippen molar-refractivity contribution < 1.29 is 34.5 Å². The summed E-state index contributed by atoms with van der Waals surface area (Å²) in [4.78, 5) is 52.7. The van der Waals surface area contributed by atoms with E-state index in [1.165, 1.54) is 18.7 Å². The Labute approximate surface area is 196 Å². The van der Waals surface area contributed by atoms with Gasteiger partial charge in [-0.15, -0.1) is 0 Å². The zero-order chi connectivity index (χ0) is 25.6. The van der Waals surface area contributed by atoms with E-state index in [1.807, 2.05) is 0 Å². The molecule has 0 rings (SSSR count). The topological polar surface area (TPSA) is 255 Å². The Bertz CT molecular complexity index is 689. The minimum Gasteiger partial charge on any atom is -0.480 e. The van der Waals surface area contributed by atoms with Gasteiger partial charge in [0.05, 0.1) is 12.7 Å². The maximum absolute atomic E-state index is 12.9. The lowest BCUT2D eigenvalue weighted by Gasteiger charge is -2.25. The fourth-order valence-corrected chi connectivity index (χ4v) is 3.02. The van der Waals surface area contributed by atoms with Crippen LogP contribution in [-0.4, -0.2) is 100 Å². The number of aliphatic imine (C=N–C) groups is 1. The van der Waals surface area contributed by atoms with Crippen molar-refractivity contribution in [2.24, 2.45) is 22.2 Å². The molecule has 0 aliphatic carbocycles. The second kappa shape index (κ2) is 16.1. The van der Waals surface area contributed by atoms with Gasteiger partial charge < -0.3 is 48.5 Å². The van der Waals surface area contributed by atoms with Crippen molar-refractivity contribution in [3.63, 3.8) is 0 Å². The maximum Gasteiger partial charge on any atom is 0.328 e. The number of amides is 3. The number of carbonyl (C=O) groups excluding carboxylic acids is 3. The Hall–Kier alpha value is -2.62. The van der Waals surface area contributed by atoms with Crippen molar-refractivity contribution in [3.05, 3.63) is 0 Å². The molecule has 0 saturated carbocycles. The fourth-order valence-electron chi connectivity index (χ4n) is 2.55. The second-order valence-electron chi connectivity index (χ2n) is 7.21. The number of carbonyl (C=O) groups is 4. The molecule has 14 nitrogen and oxygen atoms in total. The van der Waals surface area contributed by atoms with Gasteiger partial charge in [0.1, 0.15) is 18.1 Å². The molecule has 33 heavy (non-hydrogen) atoms.